The van der Waals surface area contributed by atoms with Crippen molar-refractivity contribution in [1.82, 2.24) is 4.57 Å². The lowest BCUT2D eigenvalue weighted by molar-refractivity contribution is -0.147. The van der Waals surface area contributed by atoms with E-state index in [1.165, 1.54) is 18.4 Å². The van der Waals surface area contributed by atoms with Gasteiger partial charge < -0.3 is 14.0 Å². The average Bonchev–Trinajstić information content (AvgIpc) is 3.00. The molecule has 3 aromatic rings. The lowest BCUT2D eigenvalue weighted by Crippen LogP contribution is -2.24. The molecule has 1 aromatic heterocycles. The molecule has 1 atom stereocenters. The van der Waals surface area contributed by atoms with Crippen molar-refractivity contribution in [1.29, 1.82) is 0 Å². The fraction of sp³-hybridized carbons (Fsp3) is 0.286. The first-order valence-electron chi connectivity index (χ1n) is 8.53. The lowest BCUT2D eigenvalue weighted by atomic mass is 10.2. The zero-order valence-electron chi connectivity index (χ0n) is 14.9. The fourth-order valence-corrected chi connectivity index (χ4v) is 3.07. The van der Waals surface area contributed by atoms with Gasteiger partial charge in [-0.3, -0.25) is 0 Å². The molecule has 0 fully saturated rings. The second kappa shape index (κ2) is 7.43. The first kappa shape index (κ1) is 17.1. The highest BCUT2D eigenvalue weighted by atomic mass is 16.6. The van der Waals surface area contributed by atoms with E-state index in [-0.39, 0.29) is 5.97 Å². The van der Waals surface area contributed by atoms with Crippen molar-refractivity contribution >= 4 is 16.9 Å². The van der Waals surface area contributed by atoms with Crippen LogP contribution in [0, 0.1) is 0 Å². The van der Waals surface area contributed by atoms with E-state index in [0.717, 1.165) is 23.9 Å². The molecule has 25 heavy (non-hydrogen) atoms. The molecule has 0 spiro atoms. The molecule has 0 saturated carbocycles. The van der Waals surface area contributed by atoms with Crippen LogP contribution in [0.2, 0.25) is 0 Å². The van der Waals surface area contributed by atoms with Gasteiger partial charge in [0.05, 0.1) is 12.6 Å². The van der Waals surface area contributed by atoms with E-state index >= 15 is 0 Å². The topological polar surface area (TPSA) is 40.5 Å². The Balaban J connectivity index is 2.01. The number of fused-ring (bicyclic) bond motifs is 1. The fourth-order valence-electron chi connectivity index (χ4n) is 3.07. The van der Waals surface area contributed by atoms with Gasteiger partial charge in [0.2, 0.25) is 0 Å². The summed E-state index contributed by atoms with van der Waals surface area (Å²) in [7, 11) is 1.37. The third-order valence-electron chi connectivity index (χ3n) is 4.37. The summed E-state index contributed by atoms with van der Waals surface area (Å²) in [6, 6.07) is 18.5. The molecule has 4 heteroatoms. The molecule has 1 heterocycles. The molecule has 2 aromatic carbocycles. The maximum atomic E-state index is 11.7. The van der Waals surface area contributed by atoms with E-state index < -0.39 is 6.10 Å². The molecule has 0 saturated heterocycles. The van der Waals surface area contributed by atoms with Gasteiger partial charge >= 0.3 is 5.97 Å². The number of hydrogen-bond donors (Lipinski definition) is 0. The van der Waals surface area contributed by atoms with Crippen LogP contribution in [0.4, 0.5) is 0 Å². The molecule has 0 aliphatic heterocycles. The maximum Gasteiger partial charge on any atom is 0.346 e. The van der Waals surface area contributed by atoms with Gasteiger partial charge in [0.25, 0.3) is 0 Å². The Hall–Kier alpha value is -2.75. The summed E-state index contributed by atoms with van der Waals surface area (Å²) in [6.07, 6.45) is 0.284. The molecular weight excluding hydrogens is 314 g/mol. The smallest absolute Gasteiger partial charge is 0.346 e. The van der Waals surface area contributed by atoms with Gasteiger partial charge in [-0.15, -0.1) is 0 Å². The lowest BCUT2D eigenvalue weighted by Gasteiger charge is -2.14. The zero-order chi connectivity index (χ0) is 17.8. The van der Waals surface area contributed by atoms with Crippen LogP contribution in [-0.4, -0.2) is 23.8 Å². The minimum absolute atomic E-state index is 0.378. The van der Waals surface area contributed by atoms with Crippen LogP contribution in [0.5, 0.6) is 5.75 Å². The van der Waals surface area contributed by atoms with Crippen molar-refractivity contribution in [3.05, 3.63) is 65.9 Å². The van der Waals surface area contributed by atoms with E-state index in [1.807, 2.05) is 18.2 Å². The normalized spacial score (nSPS) is 12.1. The number of methoxy groups -OCH3 is 1. The third-order valence-corrected chi connectivity index (χ3v) is 4.37. The number of hydrogen-bond acceptors (Lipinski definition) is 3. The number of aryl methyl sites for hydroxylation is 1. The number of ether oxygens (including phenoxy) is 2. The van der Waals surface area contributed by atoms with Gasteiger partial charge in [0.15, 0.2) is 6.10 Å². The van der Waals surface area contributed by atoms with Crippen LogP contribution in [0.3, 0.4) is 0 Å². The third kappa shape index (κ3) is 3.53. The molecular formula is C21H23NO3. The summed E-state index contributed by atoms with van der Waals surface area (Å²) >= 11 is 0. The van der Waals surface area contributed by atoms with E-state index in [0.29, 0.717) is 5.75 Å². The molecule has 0 radical (unpaired) electrons. The Morgan fingerprint density at radius 1 is 1.12 bits per heavy atom. The Labute approximate surface area is 148 Å². The number of aromatic nitrogens is 1. The highest BCUT2D eigenvalue weighted by Crippen LogP contribution is 2.30. The van der Waals surface area contributed by atoms with Gasteiger partial charge in [0.1, 0.15) is 5.75 Å². The number of carbonyl (C=O) groups is 1. The van der Waals surface area contributed by atoms with Crippen LogP contribution in [-0.2, 0) is 22.5 Å². The largest absolute Gasteiger partial charge is 0.478 e. The van der Waals surface area contributed by atoms with Gasteiger partial charge in [-0.1, -0.05) is 43.3 Å². The molecule has 130 valence electrons. The Morgan fingerprint density at radius 2 is 1.88 bits per heavy atom. The van der Waals surface area contributed by atoms with Crippen molar-refractivity contribution < 1.29 is 14.3 Å². The first-order chi connectivity index (χ1) is 12.1. The molecule has 0 bridgehead atoms. The molecule has 0 aliphatic rings. The molecule has 0 aliphatic carbocycles. The number of carbonyl (C=O) groups excluding carboxylic acids is 1. The van der Waals surface area contributed by atoms with E-state index in [1.54, 1.807) is 6.92 Å². The quantitative estimate of drug-likeness (QED) is 0.633. The zero-order valence-corrected chi connectivity index (χ0v) is 14.9. The van der Waals surface area contributed by atoms with E-state index in [4.69, 9.17) is 9.47 Å². The van der Waals surface area contributed by atoms with E-state index in [2.05, 4.69) is 47.9 Å². The Morgan fingerprint density at radius 3 is 2.56 bits per heavy atom. The van der Waals surface area contributed by atoms with Gasteiger partial charge in [-0.25, -0.2) is 4.79 Å². The van der Waals surface area contributed by atoms with Crippen molar-refractivity contribution in [3.8, 4) is 5.75 Å². The number of nitrogens with zero attached hydrogens (tertiary/aromatic N) is 1. The summed E-state index contributed by atoms with van der Waals surface area (Å²) in [6.45, 7) is 4.66. The van der Waals surface area contributed by atoms with Crippen LogP contribution in [0.1, 0.15) is 25.1 Å². The number of benzene rings is 2. The minimum Gasteiger partial charge on any atom is -0.478 e. The average molecular weight is 337 g/mol. The van der Waals surface area contributed by atoms with Crippen molar-refractivity contribution in [2.24, 2.45) is 0 Å². The Bertz CT molecular complexity index is 867. The SMILES string of the molecule is CCc1cc2c(O[C@@H](C)C(=O)OC)cccc2n1Cc1ccccc1. The molecule has 0 N–H and O–H groups in total. The predicted octanol–water partition coefficient (Wildman–Crippen LogP) is 4.19. The highest BCUT2D eigenvalue weighted by Gasteiger charge is 2.18. The molecule has 0 unspecified atom stereocenters. The van der Waals surface area contributed by atoms with Gasteiger partial charge in [-0.05, 0) is 37.1 Å². The van der Waals surface area contributed by atoms with Crippen molar-refractivity contribution in [2.45, 2.75) is 32.9 Å². The predicted molar refractivity (Wildman–Crippen MR) is 99.0 cm³/mol. The van der Waals surface area contributed by atoms with Crippen LogP contribution < -0.4 is 4.74 Å². The van der Waals surface area contributed by atoms with Crippen LogP contribution in [0.25, 0.3) is 10.9 Å². The highest BCUT2D eigenvalue weighted by molar-refractivity contribution is 5.88. The molecule has 3 rings (SSSR count). The van der Waals surface area contributed by atoms with Crippen LogP contribution in [0.15, 0.2) is 54.6 Å². The summed E-state index contributed by atoms with van der Waals surface area (Å²) in [5.74, 6) is 0.327. The summed E-state index contributed by atoms with van der Waals surface area (Å²) in [5.41, 5.74) is 3.60. The minimum atomic E-state index is -0.641. The second-order valence-electron chi connectivity index (χ2n) is 6.03. The summed E-state index contributed by atoms with van der Waals surface area (Å²) in [5, 5.41) is 1.02. The second-order valence-corrected chi connectivity index (χ2v) is 6.03. The molecule has 0 amide bonds. The number of rotatable bonds is 6. The molecule has 4 nitrogen and oxygen atoms in total. The standard InChI is InChI=1S/C21H23NO3/c1-4-17-13-18-19(22(17)14-16-9-6-5-7-10-16)11-8-12-20(18)25-15(2)21(23)24-3/h5-13,15H,4,14H2,1-3H3/t15-/m0/s1. The van der Waals surface area contributed by atoms with Crippen molar-refractivity contribution in [2.75, 3.05) is 7.11 Å². The number of esters is 1. The van der Waals surface area contributed by atoms with Gasteiger partial charge in [0, 0.05) is 17.6 Å². The maximum absolute atomic E-state index is 11.7. The van der Waals surface area contributed by atoms with Crippen LogP contribution >= 0.6 is 0 Å². The first-order valence-corrected chi connectivity index (χ1v) is 8.53. The monoisotopic (exact) mass is 337 g/mol. The van der Waals surface area contributed by atoms with Gasteiger partial charge in [-0.2, -0.15) is 0 Å². The van der Waals surface area contributed by atoms with Crippen molar-refractivity contribution in [3.63, 3.8) is 0 Å². The summed E-state index contributed by atoms with van der Waals surface area (Å²) in [4.78, 5) is 11.7. The van der Waals surface area contributed by atoms with E-state index in [9.17, 15) is 4.79 Å². The summed E-state index contributed by atoms with van der Waals surface area (Å²) < 4.78 is 12.9. The Kier molecular flexibility index (Phi) is 5.08.